The van der Waals surface area contributed by atoms with Crippen LogP contribution in [-0.4, -0.2) is 22.0 Å². The summed E-state index contributed by atoms with van der Waals surface area (Å²) in [5.41, 5.74) is 8.12. The number of carbonyl (C=O) groups excluding carboxylic acids is 1. The monoisotopic (exact) mass is 459 g/mol. The normalized spacial score (nSPS) is 13.0. The number of pyridine rings is 1. The van der Waals surface area contributed by atoms with E-state index in [2.05, 4.69) is 0 Å². The molecule has 2 amide bonds. The number of carbonyl (C=O) groups is 1. The van der Waals surface area contributed by atoms with E-state index in [0.717, 1.165) is 28.8 Å². The van der Waals surface area contributed by atoms with Crippen LogP contribution < -0.4 is 16.0 Å². The molecule has 0 spiro atoms. The Kier molecular flexibility index (Phi) is 6.14. The third kappa shape index (κ3) is 4.60. The maximum Gasteiger partial charge on any atom is 0.315 e. The zero-order valence-corrected chi connectivity index (χ0v) is 17.7. The van der Waals surface area contributed by atoms with Crippen LogP contribution in [0, 0.1) is 11.6 Å². The number of benzene rings is 2. The fourth-order valence-corrected chi connectivity index (χ4v) is 3.88. The Morgan fingerprint density at radius 3 is 2.69 bits per heavy atom. The number of halogens is 3. The largest absolute Gasteiger partial charge is 0.487 e. The molecule has 0 aliphatic carbocycles. The number of hydrogen-bond donors (Lipinski definition) is 1. The zero-order chi connectivity index (χ0) is 22.8. The van der Waals surface area contributed by atoms with E-state index < -0.39 is 23.2 Å². The van der Waals surface area contributed by atoms with Gasteiger partial charge in [0.25, 0.3) is 5.56 Å². The number of hydrogen-bond acceptors (Lipinski definition) is 3. The molecule has 3 aromatic rings. The maximum atomic E-state index is 13.8. The number of ether oxygens (including phenoxy) is 1. The molecule has 9 heteroatoms. The molecule has 0 saturated heterocycles. The Morgan fingerprint density at radius 2 is 1.94 bits per heavy atom. The molecule has 0 saturated carbocycles. The first-order valence-electron chi connectivity index (χ1n) is 9.92. The number of primary amides is 1. The standard InChI is InChI=1S/C23H20ClF2N3O3/c24-21-20(32-13-17-3-4-18(25)10-19(17)26)6-8-28(22(21)30)11-14-1-2-16-12-29(23(27)31)7-5-15(16)9-14/h1-4,6,8-10H,5,7,11-13H2,(H2,27,31). The highest BCUT2D eigenvalue weighted by molar-refractivity contribution is 6.31. The molecular formula is C23H20ClF2N3O3. The van der Waals surface area contributed by atoms with Crippen molar-refractivity contribution < 1.29 is 18.3 Å². The Labute approximate surface area is 187 Å². The van der Waals surface area contributed by atoms with E-state index in [-0.39, 0.29) is 22.9 Å². The van der Waals surface area contributed by atoms with Gasteiger partial charge in [0.1, 0.15) is 29.0 Å². The van der Waals surface area contributed by atoms with Crippen LogP contribution in [0.1, 0.15) is 22.3 Å². The summed E-state index contributed by atoms with van der Waals surface area (Å²) in [5.74, 6) is -1.30. The zero-order valence-electron chi connectivity index (χ0n) is 17.0. The molecule has 1 aliphatic heterocycles. The molecule has 32 heavy (non-hydrogen) atoms. The van der Waals surface area contributed by atoms with Crippen LogP contribution in [-0.2, 0) is 26.1 Å². The summed E-state index contributed by atoms with van der Waals surface area (Å²) in [4.78, 5) is 25.7. The molecular weight excluding hydrogens is 440 g/mol. The van der Waals surface area contributed by atoms with Gasteiger partial charge in [0, 0.05) is 30.9 Å². The summed E-state index contributed by atoms with van der Waals surface area (Å²) in [6.07, 6.45) is 2.24. The van der Waals surface area contributed by atoms with Crippen molar-refractivity contribution in [2.24, 2.45) is 5.73 Å². The molecule has 0 fully saturated rings. The lowest BCUT2D eigenvalue weighted by molar-refractivity contribution is 0.202. The number of fused-ring (bicyclic) bond motifs is 1. The minimum absolute atomic E-state index is 0.119. The molecule has 0 unspecified atom stereocenters. The highest BCUT2D eigenvalue weighted by Gasteiger charge is 2.19. The second-order valence-electron chi connectivity index (χ2n) is 7.56. The van der Waals surface area contributed by atoms with Crippen molar-refractivity contribution in [3.63, 3.8) is 0 Å². The number of nitrogens with two attached hydrogens (primary N) is 1. The van der Waals surface area contributed by atoms with Gasteiger partial charge in [-0.15, -0.1) is 0 Å². The number of nitrogens with zero attached hydrogens (tertiary/aromatic N) is 2. The predicted molar refractivity (Wildman–Crippen MR) is 116 cm³/mol. The highest BCUT2D eigenvalue weighted by Crippen LogP contribution is 2.23. The first-order valence-corrected chi connectivity index (χ1v) is 10.3. The summed E-state index contributed by atoms with van der Waals surface area (Å²) >= 11 is 6.20. The van der Waals surface area contributed by atoms with Crippen molar-refractivity contribution in [3.05, 3.63) is 97.9 Å². The van der Waals surface area contributed by atoms with E-state index in [9.17, 15) is 18.4 Å². The van der Waals surface area contributed by atoms with Crippen LogP contribution in [0.4, 0.5) is 13.6 Å². The lowest BCUT2D eigenvalue weighted by Gasteiger charge is -2.27. The molecule has 1 aliphatic rings. The van der Waals surface area contributed by atoms with Crippen molar-refractivity contribution in [3.8, 4) is 5.75 Å². The fourth-order valence-electron chi connectivity index (χ4n) is 3.65. The molecule has 4 rings (SSSR count). The van der Waals surface area contributed by atoms with E-state index >= 15 is 0 Å². The lowest BCUT2D eigenvalue weighted by Crippen LogP contribution is -2.39. The van der Waals surface area contributed by atoms with Gasteiger partial charge in [0.2, 0.25) is 0 Å². The van der Waals surface area contributed by atoms with Gasteiger partial charge in [-0.2, -0.15) is 0 Å². The van der Waals surface area contributed by atoms with Crippen LogP contribution in [0.25, 0.3) is 0 Å². The first kappa shape index (κ1) is 21.8. The molecule has 0 radical (unpaired) electrons. The Morgan fingerprint density at radius 1 is 1.12 bits per heavy atom. The average molecular weight is 460 g/mol. The van der Waals surface area contributed by atoms with E-state index in [0.29, 0.717) is 26.1 Å². The van der Waals surface area contributed by atoms with Gasteiger partial charge in [-0.3, -0.25) is 4.79 Å². The van der Waals surface area contributed by atoms with Crippen molar-refractivity contribution in [1.82, 2.24) is 9.47 Å². The van der Waals surface area contributed by atoms with Gasteiger partial charge in [-0.1, -0.05) is 29.8 Å². The molecule has 2 N–H and O–H groups in total. The summed E-state index contributed by atoms with van der Waals surface area (Å²) in [6.45, 7) is 1.14. The third-order valence-corrected chi connectivity index (χ3v) is 5.76. The van der Waals surface area contributed by atoms with E-state index in [1.54, 1.807) is 11.1 Å². The summed E-state index contributed by atoms with van der Waals surface area (Å²) in [5, 5.41) is -0.120. The van der Waals surface area contributed by atoms with Crippen molar-refractivity contribution in [2.45, 2.75) is 26.1 Å². The van der Waals surface area contributed by atoms with Crippen LogP contribution in [0.3, 0.4) is 0 Å². The molecule has 0 bridgehead atoms. The van der Waals surface area contributed by atoms with E-state index in [1.807, 2.05) is 18.2 Å². The van der Waals surface area contributed by atoms with Gasteiger partial charge in [0.15, 0.2) is 0 Å². The lowest BCUT2D eigenvalue weighted by atomic mass is 9.97. The van der Waals surface area contributed by atoms with E-state index in [4.69, 9.17) is 22.1 Å². The number of aromatic nitrogens is 1. The predicted octanol–water partition coefficient (Wildman–Crippen LogP) is 3.84. The van der Waals surface area contributed by atoms with Crippen molar-refractivity contribution in [2.75, 3.05) is 6.54 Å². The van der Waals surface area contributed by atoms with Gasteiger partial charge < -0.3 is 19.9 Å². The third-order valence-electron chi connectivity index (χ3n) is 5.42. The molecule has 6 nitrogen and oxygen atoms in total. The number of rotatable bonds is 5. The van der Waals surface area contributed by atoms with Gasteiger partial charge >= 0.3 is 6.03 Å². The molecule has 2 aromatic carbocycles. The summed E-state index contributed by atoms with van der Waals surface area (Å²) in [7, 11) is 0. The van der Waals surface area contributed by atoms with Crippen molar-refractivity contribution >= 4 is 17.6 Å². The Hall–Kier alpha value is -3.39. The Balaban J connectivity index is 1.48. The molecule has 1 aromatic heterocycles. The quantitative estimate of drug-likeness (QED) is 0.629. The highest BCUT2D eigenvalue weighted by atomic mass is 35.5. The van der Waals surface area contributed by atoms with Gasteiger partial charge in [0.05, 0.1) is 6.54 Å². The smallest absolute Gasteiger partial charge is 0.315 e. The Bertz CT molecular complexity index is 1250. The maximum absolute atomic E-state index is 13.8. The van der Waals surface area contributed by atoms with Gasteiger partial charge in [-0.25, -0.2) is 13.6 Å². The minimum Gasteiger partial charge on any atom is -0.487 e. The average Bonchev–Trinajstić information content (AvgIpc) is 2.77. The molecule has 166 valence electrons. The molecule has 0 atom stereocenters. The van der Waals surface area contributed by atoms with Gasteiger partial charge in [-0.05, 0) is 41.3 Å². The van der Waals surface area contributed by atoms with E-state index in [1.165, 1.54) is 16.7 Å². The first-order chi connectivity index (χ1) is 15.3. The van der Waals surface area contributed by atoms with Crippen LogP contribution in [0.2, 0.25) is 5.02 Å². The van der Waals surface area contributed by atoms with Crippen LogP contribution >= 0.6 is 11.6 Å². The van der Waals surface area contributed by atoms with Crippen LogP contribution in [0.5, 0.6) is 5.75 Å². The van der Waals surface area contributed by atoms with Crippen molar-refractivity contribution in [1.29, 1.82) is 0 Å². The van der Waals surface area contributed by atoms with Crippen LogP contribution in [0.15, 0.2) is 53.5 Å². The summed E-state index contributed by atoms with van der Waals surface area (Å²) in [6, 6.07) is 10.1. The second kappa shape index (κ2) is 9.00. The minimum atomic E-state index is -0.735. The SMILES string of the molecule is NC(=O)N1CCc2cc(Cn3ccc(OCc4ccc(F)cc4F)c(Cl)c3=O)ccc2C1. The number of urea groups is 1. The topological polar surface area (TPSA) is 77.6 Å². The fraction of sp³-hybridized carbons (Fsp3) is 0.217. The molecule has 2 heterocycles. The second-order valence-corrected chi connectivity index (χ2v) is 7.94. The number of amides is 2. The summed E-state index contributed by atoms with van der Waals surface area (Å²) < 4.78 is 33.7.